The molecule has 1 saturated heterocycles. The van der Waals surface area contributed by atoms with Gasteiger partial charge in [0, 0.05) is 55.3 Å². The van der Waals surface area contributed by atoms with Gasteiger partial charge in [0.25, 0.3) is 11.5 Å². The zero-order valence-electron chi connectivity index (χ0n) is 17.4. The molecule has 2 N–H and O–H groups in total. The third-order valence-corrected chi connectivity index (χ3v) is 6.44. The Labute approximate surface area is 179 Å². The van der Waals surface area contributed by atoms with E-state index in [4.69, 9.17) is 4.98 Å². The number of pyridine rings is 2. The molecule has 8 heteroatoms. The van der Waals surface area contributed by atoms with Crippen molar-refractivity contribution in [2.45, 2.75) is 31.1 Å². The van der Waals surface area contributed by atoms with E-state index in [2.05, 4.69) is 25.2 Å². The summed E-state index contributed by atoms with van der Waals surface area (Å²) in [7, 11) is 1.63. The number of piperidine rings is 1. The van der Waals surface area contributed by atoms with Crippen LogP contribution in [0.2, 0.25) is 0 Å². The largest absolute Gasteiger partial charge is 0.355 e. The number of fused-ring (bicyclic) bond motifs is 2. The molecule has 0 radical (unpaired) electrons. The lowest BCUT2D eigenvalue weighted by molar-refractivity contribution is 0.0963. The highest BCUT2D eigenvalue weighted by atomic mass is 16.1. The summed E-state index contributed by atoms with van der Waals surface area (Å²) in [4.78, 5) is 44.0. The quantitative estimate of drug-likeness (QED) is 0.677. The smallest absolute Gasteiger partial charge is 0.254 e. The van der Waals surface area contributed by atoms with Crippen LogP contribution in [0.4, 0.5) is 5.82 Å². The Kier molecular flexibility index (Phi) is 4.77. The molecule has 1 unspecified atom stereocenters. The van der Waals surface area contributed by atoms with E-state index < -0.39 is 0 Å². The Morgan fingerprint density at radius 3 is 2.90 bits per heavy atom. The van der Waals surface area contributed by atoms with Gasteiger partial charge in [-0.25, -0.2) is 9.97 Å². The number of hydrogen-bond donors (Lipinski definition) is 2. The van der Waals surface area contributed by atoms with E-state index in [9.17, 15) is 9.59 Å². The van der Waals surface area contributed by atoms with E-state index in [1.54, 1.807) is 37.8 Å². The second-order valence-corrected chi connectivity index (χ2v) is 8.24. The molecule has 0 bridgehead atoms. The molecule has 3 aromatic rings. The van der Waals surface area contributed by atoms with Crippen LogP contribution in [-0.4, -0.2) is 46.0 Å². The Balaban J connectivity index is 1.56. The number of rotatable bonds is 3. The Hall–Kier alpha value is -3.55. The van der Waals surface area contributed by atoms with Gasteiger partial charge in [-0.2, -0.15) is 0 Å². The number of carbonyl (C=O) groups is 1. The van der Waals surface area contributed by atoms with Gasteiger partial charge in [0.2, 0.25) is 0 Å². The van der Waals surface area contributed by atoms with Crippen molar-refractivity contribution < 1.29 is 4.79 Å². The number of anilines is 1. The first-order valence-corrected chi connectivity index (χ1v) is 10.6. The average molecular weight is 416 g/mol. The molecular weight excluding hydrogens is 392 g/mol. The maximum absolute atomic E-state index is 12.9. The van der Waals surface area contributed by atoms with E-state index in [0.29, 0.717) is 30.2 Å². The van der Waals surface area contributed by atoms with Crippen LogP contribution in [0.1, 0.15) is 40.9 Å². The number of nitrogens with zero attached hydrogens (tertiary/aromatic N) is 4. The first kappa shape index (κ1) is 19.4. The minimum atomic E-state index is -0.226. The molecule has 5 rings (SSSR count). The van der Waals surface area contributed by atoms with Crippen LogP contribution in [0.15, 0.2) is 47.7 Å². The van der Waals surface area contributed by atoms with Crippen LogP contribution >= 0.6 is 0 Å². The van der Waals surface area contributed by atoms with Gasteiger partial charge in [-0.15, -0.1) is 0 Å². The summed E-state index contributed by atoms with van der Waals surface area (Å²) < 4.78 is 0. The Morgan fingerprint density at radius 2 is 2.10 bits per heavy atom. The summed E-state index contributed by atoms with van der Waals surface area (Å²) in [6.07, 6.45) is 8.61. The highest BCUT2D eigenvalue weighted by Gasteiger charge is 2.45. The highest BCUT2D eigenvalue weighted by molar-refractivity contribution is 5.98. The van der Waals surface area contributed by atoms with Gasteiger partial charge in [0.1, 0.15) is 11.6 Å². The summed E-state index contributed by atoms with van der Waals surface area (Å²) in [5.74, 6) is 1.09. The third-order valence-electron chi connectivity index (χ3n) is 6.44. The summed E-state index contributed by atoms with van der Waals surface area (Å²) in [5, 5.41) is 2.70. The van der Waals surface area contributed by atoms with Crippen LogP contribution < -0.4 is 15.8 Å². The molecule has 1 aliphatic carbocycles. The van der Waals surface area contributed by atoms with E-state index in [1.807, 2.05) is 12.1 Å². The first-order valence-electron chi connectivity index (χ1n) is 10.6. The number of hydrogen-bond acceptors (Lipinski definition) is 6. The zero-order chi connectivity index (χ0) is 21.4. The number of H-pyrrole nitrogens is 1. The van der Waals surface area contributed by atoms with E-state index in [0.717, 1.165) is 42.6 Å². The van der Waals surface area contributed by atoms with Crippen LogP contribution in [-0.2, 0) is 11.8 Å². The molecule has 2 aliphatic rings. The average Bonchev–Trinajstić information content (AvgIpc) is 3.17. The number of nitrogens with one attached hydrogen (secondary N) is 2. The number of aromatic nitrogens is 4. The Bertz CT molecular complexity index is 1190. The van der Waals surface area contributed by atoms with Gasteiger partial charge in [0.05, 0.1) is 11.3 Å². The summed E-state index contributed by atoms with van der Waals surface area (Å²) >= 11 is 0. The number of amides is 1. The molecular formula is C23H24N6O2. The van der Waals surface area contributed by atoms with Gasteiger partial charge >= 0.3 is 0 Å². The minimum Gasteiger partial charge on any atom is -0.355 e. The summed E-state index contributed by atoms with van der Waals surface area (Å²) in [6, 6.07) is 7.31. The molecule has 1 fully saturated rings. The maximum Gasteiger partial charge on any atom is 0.254 e. The normalized spacial score (nSPS) is 20.0. The van der Waals surface area contributed by atoms with Crippen molar-refractivity contribution in [1.29, 1.82) is 0 Å². The molecule has 0 saturated carbocycles. The molecule has 158 valence electrons. The van der Waals surface area contributed by atoms with E-state index in [1.165, 1.54) is 0 Å². The van der Waals surface area contributed by atoms with Crippen molar-refractivity contribution in [3.05, 3.63) is 70.0 Å². The fraction of sp³-hybridized carbons (Fsp3) is 0.348. The standard InChI is InChI=1S/C23H24N6O2/c1-24-21(30)17-6-3-11-26-20(17)29-12-4-8-23(14-29)9-7-16-18(23)27-19(28-22(16)31)15-5-2-10-25-13-15/h2-3,5-6,10-11,13H,4,7-9,12,14H2,1H3,(H,24,30)(H,27,28,31). The van der Waals surface area contributed by atoms with Gasteiger partial charge in [0.15, 0.2) is 0 Å². The lowest BCUT2D eigenvalue weighted by Gasteiger charge is -2.41. The van der Waals surface area contributed by atoms with E-state index in [-0.39, 0.29) is 16.9 Å². The molecule has 8 nitrogen and oxygen atoms in total. The number of carbonyl (C=O) groups excluding carboxylic acids is 1. The van der Waals surface area contributed by atoms with Crippen LogP contribution in [0.3, 0.4) is 0 Å². The monoisotopic (exact) mass is 416 g/mol. The Morgan fingerprint density at radius 1 is 1.23 bits per heavy atom. The van der Waals surface area contributed by atoms with Crippen molar-refractivity contribution in [3.8, 4) is 11.4 Å². The molecule has 0 aromatic carbocycles. The van der Waals surface area contributed by atoms with Crippen LogP contribution in [0.25, 0.3) is 11.4 Å². The predicted octanol–water partition coefficient (Wildman–Crippen LogP) is 2.07. The SMILES string of the molecule is CNC(=O)c1cccnc1N1CCCC2(CCc3c2nc(-c2cccnc2)[nH]c3=O)C1. The van der Waals surface area contributed by atoms with Gasteiger partial charge in [-0.1, -0.05) is 0 Å². The third kappa shape index (κ3) is 3.28. The van der Waals surface area contributed by atoms with Crippen molar-refractivity contribution in [2.75, 3.05) is 25.0 Å². The minimum absolute atomic E-state index is 0.0678. The second-order valence-electron chi connectivity index (χ2n) is 8.24. The topological polar surface area (TPSA) is 104 Å². The second kappa shape index (κ2) is 7.61. The molecule has 1 atom stereocenters. The molecule has 1 spiro atoms. The van der Waals surface area contributed by atoms with Crippen molar-refractivity contribution >= 4 is 11.7 Å². The molecule has 4 heterocycles. The van der Waals surface area contributed by atoms with Crippen molar-refractivity contribution in [2.24, 2.45) is 0 Å². The molecule has 1 aliphatic heterocycles. The molecule has 3 aromatic heterocycles. The van der Waals surface area contributed by atoms with Crippen LogP contribution in [0, 0.1) is 0 Å². The fourth-order valence-electron chi connectivity index (χ4n) is 4.96. The van der Waals surface area contributed by atoms with Crippen LogP contribution in [0.5, 0.6) is 0 Å². The lowest BCUT2D eigenvalue weighted by Crippen LogP contribution is -2.46. The van der Waals surface area contributed by atoms with E-state index >= 15 is 0 Å². The fourth-order valence-corrected chi connectivity index (χ4v) is 4.96. The zero-order valence-corrected chi connectivity index (χ0v) is 17.4. The van der Waals surface area contributed by atoms with Gasteiger partial charge in [-0.3, -0.25) is 14.6 Å². The molecule has 1 amide bonds. The summed E-state index contributed by atoms with van der Waals surface area (Å²) in [5.41, 5.74) is 2.73. The number of aromatic amines is 1. The summed E-state index contributed by atoms with van der Waals surface area (Å²) in [6.45, 7) is 1.50. The molecule has 31 heavy (non-hydrogen) atoms. The highest BCUT2D eigenvalue weighted by Crippen LogP contribution is 2.44. The van der Waals surface area contributed by atoms with Gasteiger partial charge in [-0.05, 0) is 49.9 Å². The first-order chi connectivity index (χ1) is 15.1. The van der Waals surface area contributed by atoms with Crippen molar-refractivity contribution in [3.63, 3.8) is 0 Å². The maximum atomic E-state index is 12.9. The van der Waals surface area contributed by atoms with Gasteiger partial charge < -0.3 is 15.2 Å². The lowest BCUT2D eigenvalue weighted by atomic mass is 9.77. The van der Waals surface area contributed by atoms with Crippen molar-refractivity contribution in [1.82, 2.24) is 25.3 Å². The predicted molar refractivity (Wildman–Crippen MR) is 117 cm³/mol.